The fraction of sp³-hybridized carbons (Fsp3) is 0.267. The lowest BCUT2D eigenvalue weighted by Crippen LogP contribution is -2.07. The molecular weight excluding hydrogens is 352 g/mol. The molecule has 6 heteroatoms. The second-order valence-corrected chi connectivity index (χ2v) is 6.01. The molecular formula is C15H14BrClN4. The van der Waals surface area contributed by atoms with E-state index in [0.29, 0.717) is 5.88 Å². The molecule has 3 heterocycles. The first kappa shape index (κ1) is 14.5. The van der Waals surface area contributed by atoms with Gasteiger partial charge in [-0.25, -0.2) is 9.97 Å². The second-order valence-electron chi connectivity index (χ2n) is 4.72. The van der Waals surface area contributed by atoms with E-state index in [4.69, 9.17) is 11.6 Å². The number of halogens is 2. The molecule has 0 aliphatic rings. The molecule has 0 saturated carbocycles. The predicted octanol–water partition coefficient (Wildman–Crippen LogP) is 3.61. The number of aryl methyl sites for hydroxylation is 3. The zero-order valence-electron chi connectivity index (χ0n) is 11.3. The summed E-state index contributed by atoms with van der Waals surface area (Å²) in [5.74, 6) is 1.54. The van der Waals surface area contributed by atoms with Crippen LogP contribution >= 0.6 is 27.5 Å². The predicted molar refractivity (Wildman–Crippen MR) is 87.6 cm³/mol. The zero-order chi connectivity index (χ0) is 14.7. The van der Waals surface area contributed by atoms with Crippen molar-refractivity contribution in [1.29, 1.82) is 0 Å². The summed E-state index contributed by atoms with van der Waals surface area (Å²) < 4.78 is 3.09. The molecule has 3 rings (SSSR count). The molecule has 108 valence electrons. The van der Waals surface area contributed by atoms with E-state index in [1.165, 1.54) is 5.56 Å². The Bertz CT molecular complexity index is 742. The molecule has 0 radical (unpaired) electrons. The van der Waals surface area contributed by atoms with Crippen molar-refractivity contribution in [1.82, 2.24) is 19.5 Å². The molecule has 21 heavy (non-hydrogen) atoms. The van der Waals surface area contributed by atoms with Gasteiger partial charge in [-0.2, -0.15) is 0 Å². The maximum Gasteiger partial charge on any atom is 0.160 e. The van der Waals surface area contributed by atoms with Crippen molar-refractivity contribution >= 4 is 38.7 Å². The van der Waals surface area contributed by atoms with Crippen LogP contribution in [0, 0.1) is 0 Å². The molecule has 3 aromatic rings. The van der Waals surface area contributed by atoms with Gasteiger partial charge in [0.1, 0.15) is 11.3 Å². The number of pyridine rings is 2. The third-order valence-corrected chi connectivity index (χ3v) is 3.94. The number of rotatable bonds is 5. The van der Waals surface area contributed by atoms with Crippen molar-refractivity contribution in [2.75, 3.05) is 5.88 Å². The largest absolute Gasteiger partial charge is 0.312 e. The summed E-state index contributed by atoms with van der Waals surface area (Å²) in [6, 6.07) is 6.05. The van der Waals surface area contributed by atoms with Gasteiger partial charge in [0.2, 0.25) is 0 Å². The van der Waals surface area contributed by atoms with Gasteiger partial charge < -0.3 is 4.57 Å². The topological polar surface area (TPSA) is 43.6 Å². The average molecular weight is 366 g/mol. The normalized spacial score (nSPS) is 11.1. The van der Waals surface area contributed by atoms with Crippen molar-refractivity contribution < 1.29 is 0 Å². The third kappa shape index (κ3) is 3.24. The highest BCUT2D eigenvalue weighted by Crippen LogP contribution is 2.19. The second kappa shape index (κ2) is 6.54. The molecule has 0 aromatic carbocycles. The lowest BCUT2D eigenvalue weighted by Gasteiger charge is -2.08. The Kier molecular flexibility index (Phi) is 4.51. The molecule has 0 aliphatic heterocycles. The Balaban J connectivity index is 1.93. The molecule has 0 fully saturated rings. The van der Waals surface area contributed by atoms with Crippen molar-refractivity contribution in [3.05, 3.63) is 52.7 Å². The standard InChI is InChI=1S/C15H14BrClN4/c16-12-9-13-15(19-10-12)21(14(20-13)1-5-17)8-4-11-2-6-18-7-3-11/h2-3,6-7,9-10H,1,4-5,8H2. The summed E-state index contributed by atoms with van der Waals surface area (Å²) >= 11 is 9.33. The summed E-state index contributed by atoms with van der Waals surface area (Å²) in [5, 5.41) is 0. The summed E-state index contributed by atoms with van der Waals surface area (Å²) in [5.41, 5.74) is 3.06. The Morgan fingerprint density at radius 3 is 2.76 bits per heavy atom. The van der Waals surface area contributed by atoms with E-state index in [-0.39, 0.29) is 0 Å². The average Bonchev–Trinajstić information content (AvgIpc) is 2.83. The molecule has 0 amide bonds. The van der Waals surface area contributed by atoms with Gasteiger partial charge in [0.25, 0.3) is 0 Å². The number of alkyl halides is 1. The Morgan fingerprint density at radius 1 is 1.19 bits per heavy atom. The van der Waals surface area contributed by atoms with Gasteiger partial charge in [0, 0.05) is 41.9 Å². The van der Waals surface area contributed by atoms with E-state index < -0.39 is 0 Å². The van der Waals surface area contributed by atoms with Gasteiger partial charge in [-0.15, -0.1) is 11.6 Å². The fourth-order valence-electron chi connectivity index (χ4n) is 2.33. The summed E-state index contributed by atoms with van der Waals surface area (Å²) in [6.07, 6.45) is 7.09. The monoisotopic (exact) mass is 364 g/mol. The van der Waals surface area contributed by atoms with Crippen molar-refractivity contribution in [3.8, 4) is 0 Å². The fourth-order valence-corrected chi connectivity index (χ4v) is 2.82. The number of imidazole rings is 1. The minimum absolute atomic E-state index is 0.555. The van der Waals surface area contributed by atoms with Crippen LogP contribution in [-0.2, 0) is 19.4 Å². The van der Waals surface area contributed by atoms with Gasteiger partial charge in [0.05, 0.1) is 0 Å². The van der Waals surface area contributed by atoms with E-state index in [1.54, 1.807) is 6.20 Å². The highest BCUT2D eigenvalue weighted by Gasteiger charge is 2.11. The summed E-state index contributed by atoms with van der Waals surface area (Å²) in [4.78, 5) is 13.2. The van der Waals surface area contributed by atoms with Crippen LogP contribution < -0.4 is 0 Å². The number of nitrogens with zero attached hydrogens (tertiary/aromatic N) is 4. The van der Waals surface area contributed by atoms with Crippen LogP contribution in [0.1, 0.15) is 11.4 Å². The van der Waals surface area contributed by atoms with Crippen LogP contribution in [0.5, 0.6) is 0 Å². The number of hydrogen-bond donors (Lipinski definition) is 0. The van der Waals surface area contributed by atoms with Gasteiger partial charge in [-0.05, 0) is 46.1 Å². The van der Waals surface area contributed by atoms with E-state index >= 15 is 0 Å². The SMILES string of the molecule is ClCCc1nc2cc(Br)cnc2n1CCc1ccncc1. The molecule has 0 unspecified atom stereocenters. The molecule has 3 aromatic heterocycles. The lowest BCUT2D eigenvalue weighted by atomic mass is 10.2. The first-order valence-corrected chi connectivity index (χ1v) is 8.06. The van der Waals surface area contributed by atoms with E-state index in [1.807, 2.05) is 30.6 Å². The van der Waals surface area contributed by atoms with Crippen LogP contribution in [-0.4, -0.2) is 25.4 Å². The van der Waals surface area contributed by atoms with Crippen molar-refractivity contribution in [2.24, 2.45) is 0 Å². The molecule has 0 aliphatic carbocycles. The Morgan fingerprint density at radius 2 is 2.00 bits per heavy atom. The first-order valence-electron chi connectivity index (χ1n) is 6.73. The van der Waals surface area contributed by atoms with Gasteiger partial charge in [-0.1, -0.05) is 0 Å². The molecule has 4 nitrogen and oxygen atoms in total. The quantitative estimate of drug-likeness (QED) is 0.649. The number of aromatic nitrogens is 4. The zero-order valence-corrected chi connectivity index (χ0v) is 13.7. The molecule has 0 spiro atoms. The van der Waals surface area contributed by atoms with Crippen LogP contribution in [0.15, 0.2) is 41.3 Å². The summed E-state index contributed by atoms with van der Waals surface area (Å²) in [7, 11) is 0. The van der Waals surface area contributed by atoms with Gasteiger partial charge in [0.15, 0.2) is 5.65 Å². The van der Waals surface area contributed by atoms with Crippen molar-refractivity contribution in [2.45, 2.75) is 19.4 Å². The van der Waals surface area contributed by atoms with E-state index in [0.717, 1.165) is 40.8 Å². The lowest BCUT2D eigenvalue weighted by molar-refractivity contribution is 0.669. The van der Waals surface area contributed by atoms with Crippen LogP contribution in [0.2, 0.25) is 0 Å². The van der Waals surface area contributed by atoms with Gasteiger partial charge in [-0.3, -0.25) is 4.98 Å². The van der Waals surface area contributed by atoms with Crippen molar-refractivity contribution in [3.63, 3.8) is 0 Å². The molecule has 0 N–H and O–H groups in total. The van der Waals surface area contributed by atoms with E-state index in [2.05, 4.69) is 35.4 Å². The number of hydrogen-bond acceptors (Lipinski definition) is 3. The number of fused-ring (bicyclic) bond motifs is 1. The van der Waals surface area contributed by atoms with Crippen LogP contribution in [0.25, 0.3) is 11.2 Å². The molecule has 0 saturated heterocycles. The van der Waals surface area contributed by atoms with Crippen LogP contribution in [0.3, 0.4) is 0 Å². The van der Waals surface area contributed by atoms with Crippen LogP contribution in [0.4, 0.5) is 0 Å². The minimum Gasteiger partial charge on any atom is -0.312 e. The Labute approximate surface area is 136 Å². The maximum absolute atomic E-state index is 5.89. The Hall–Kier alpha value is -1.46. The van der Waals surface area contributed by atoms with E-state index in [9.17, 15) is 0 Å². The summed E-state index contributed by atoms with van der Waals surface area (Å²) in [6.45, 7) is 0.835. The maximum atomic E-state index is 5.89. The minimum atomic E-state index is 0.555. The highest BCUT2D eigenvalue weighted by atomic mass is 79.9. The first-order chi connectivity index (χ1) is 10.3. The smallest absolute Gasteiger partial charge is 0.160 e. The third-order valence-electron chi connectivity index (χ3n) is 3.32. The van der Waals surface area contributed by atoms with Gasteiger partial charge >= 0.3 is 0 Å². The molecule has 0 atom stereocenters. The molecule has 0 bridgehead atoms. The highest BCUT2D eigenvalue weighted by molar-refractivity contribution is 9.10.